The fraction of sp³-hybridized carbons (Fsp3) is 0.344. The molecule has 0 radical (unpaired) electrons. The van der Waals surface area contributed by atoms with Crippen LogP contribution < -0.4 is 10.1 Å². The number of amides is 1. The molecule has 0 saturated carbocycles. The lowest BCUT2D eigenvalue weighted by molar-refractivity contribution is -0.155. The Labute approximate surface area is 254 Å². The summed E-state index contributed by atoms with van der Waals surface area (Å²) in [7, 11) is 4.60. The molecule has 3 aromatic heterocycles. The third-order valence-electron chi connectivity index (χ3n) is 7.64. The number of aromatic nitrogens is 4. The Morgan fingerprint density at radius 1 is 1.14 bits per heavy atom. The van der Waals surface area contributed by atoms with Gasteiger partial charge in [0, 0.05) is 64.0 Å². The minimum atomic E-state index is -0.603. The molecule has 2 atom stereocenters. The van der Waals surface area contributed by atoms with Crippen molar-refractivity contribution in [1.82, 2.24) is 30.1 Å². The van der Waals surface area contributed by atoms with Crippen molar-refractivity contribution in [3.8, 4) is 22.8 Å². The Kier molecular flexibility index (Phi) is 9.73. The Balaban J connectivity index is 1.46. The molecule has 12 heteroatoms. The Morgan fingerprint density at radius 3 is 2.64 bits per heavy atom. The summed E-state index contributed by atoms with van der Waals surface area (Å²) >= 11 is 0. The number of hydroxylamine groups is 2. The van der Waals surface area contributed by atoms with Crippen LogP contribution in [0.25, 0.3) is 16.9 Å². The van der Waals surface area contributed by atoms with Gasteiger partial charge in [0.2, 0.25) is 11.8 Å². The Bertz CT molecular complexity index is 1630. The summed E-state index contributed by atoms with van der Waals surface area (Å²) in [6.45, 7) is 3.37. The van der Waals surface area contributed by atoms with Crippen LogP contribution in [-0.4, -0.2) is 77.5 Å². The Hall–Kier alpha value is -4.52. The van der Waals surface area contributed by atoms with Crippen LogP contribution >= 0.6 is 0 Å². The van der Waals surface area contributed by atoms with E-state index in [1.165, 1.54) is 26.4 Å². The van der Waals surface area contributed by atoms with E-state index in [1.54, 1.807) is 35.2 Å². The lowest BCUT2D eigenvalue weighted by Gasteiger charge is -2.17. The molecule has 1 saturated heterocycles. The van der Waals surface area contributed by atoms with Gasteiger partial charge in [-0.3, -0.25) is 14.4 Å². The number of benzene rings is 1. The second kappa shape index (κ2) is 13.8. The molecule has 1 amide bonds. The van der Waals surface area contributed by atoms with Crippen molar-refractivity contribution in [3.05, 3.63) is 89.3 Å². The number of nitrogens with zero attached hydrogens (tertiary/aromatic N) is 5. The second-order valence-electron chi connectivity index (χ2n) is 10.5. The van der Waals surface area contributed by atoms with E-state index in [9.17, 15) is 14.0 Å². The number of para-hydroxylation sites is 1. The Morgan fingerprint density at radius 2 is 1.93 bits per heavy atom. The molecular weight excluding hydrogens is 567 g/mol. The number of rotatable bonds is 12. The third-order valence-corrected chi connectivity index (χ3v) is 7.64. The van der Waals surface area contributed by atoms with Crippen LogP contribution in [0, 0.1) is 18.8 Å². The first-order valence-electron chi connectivity index (χ1n) is 14.3. The van der Waals surface area contributed by atoms with Gasteiger partial charge in [-0.05, 0) is 48.4 Å². The summed E-state index contributed by atoms with van der Waals surface area (Å²) in [6, 6.07) is 14.3. The lowest BCUT2D eigenvalue weighted by atomic mass is 9.91. The first-order valence-corrected chi connectivity index (χ1v) is 14.3. The van der Waals surface area contributed by atoms with Gasteiger partial charge >= 0.3 is 0 Å². The molecule has 1 N–H and O–H groups in total. The van der Waals surface area contributed by atoms with Crippen LogP contribution in [0.3, 0.4) is 0 Å². The molecule has 1 aliphatic rings. The number of methoxy groups -OCH3 is 2. The van der Waals surface area contributed by atoms with Gasteiger partial charge in [0.25, 0.3) is 5.91 Å². The molecule has 1 aliphatic heterocycles. The summed E-state index contributed by atoms with van der Waals surface area (Å²) in [6.07, 6.45) is 2.81. The van der Waals surface area contributed by atoms with Crippen molar-refractivity contribution in [2.45, 2.75) is 25.9 Å². The zero-order valence-corrected chi connectivity index (χ0v) is 25.1. The quantitative estimate of drug-likeness (QED) is 0.241. The highest BCUT2D eigenvalue weighted by molar-refractivity contribution is 5.97. The fourth-order valence-corrected chi connectivity index (χ4v) is 5.47. The monoisotopic (exact) mass is 602 g/mol. The predicted octanol–water partition coefficient (Wildman–Crippen LogP) is 3.90. The van der Waals surface area contributed by atoms with Gasteiger partial charge in [0.05, 0.1) is 30.8 Å². The van der Waals surface area contributed by atoms with Crippen LogP contribution in [0.5, 0.6) is 5.88 Å². The van der Waals surface area contributed by atoms with Gasteiger partial charge in [-0.1, -0.05) is 18.2 Å². The number of ether oxygens (including phenoxy) is 2. The molecule has 0 spiro atoms. The molecule has 4 aromatic rings. The van der Waals surface area contributed by atoms with Crippen molar-refractivity contribution < 1.29 is 28.3 Å². The molecule has 230 valence electrons. The maximum Gasteiger partial charge on any atom is 0.256 e. The zero-order valence-electron chi connectivity index (χ0n) is 25.1. The molecule has 5 rings (SSSR count). The minimum absolute atomic E-state index is 0.0163. The molecule has 1 fully saturated rings. The fourth-order valence-electron chi connectivity index (χ4n) is 5.47. The van der Waals surface area contributed by atoms with E-state index in [0.717, 1.165) is 16.9 Å². The smallest absolute Gasteiger partial charge is 0.256 e. The van der Waals surface area contributed by atoms with E-state index in [-0.39, 0.29) is 41.9 Å². The van der Waals surface area contributed by atoms with Crippen LogP contribution in [0.15, 0.2) is 60.9 Å². The van der Waals surface area contributed by atoms with Crippen LogP contribution in [0.2, 0.25) is 0 Å². The normalized spacial score (nSPS) is 16.7. The first-order chi connectivity index (χ1) is 21.3. The third kappa shape index (κ3) is 6.67. The SMILES string of the molecule is CNC(=O)c1cc(-c2nn(-c3ccccc3)c(CC(=O)C[C@@H]3CN(CCOC)O[C@H]3c3ccnc(F)c3)c2C)cnc1OC. The van der Waals surface area contributed by atoms with E-state index < -0.39 is 12.1 Å². The number of Topliss-reactive ketones (excluding diaryl/α,β-unsaturated/α-hetero) is 1. The van der Waals surface area contributed by atoms with Crippen LogP contribution in [0.4, 0.5) is 4.39 Å². The van der Waals surface area contributed by atoms with E-state index in [1.807, 2.05) is 37.3 Å². The van der Waals surface area contributed by atoms with Gasteiger partial charge in [0.15, 0.2) is 0 Å². The molecule has 0 aliphatic carbocycles. The summed E-state index contributed by atoms with van der Waals surface area (Å²) in [5.74, 6) is -0.972. The van der Waals surface area contributed by atoms with Crippen molar-refractivity contribution in [1.29, 1.82) is 0 Å². The second-order valence-corrected chi connectivity index (χ2v) is 10.5. The predicted molar refractivity (Wildman–Crippen MR) is 160 cm³/mol. The molecule has 0 bridgehead atoms. The highest BCUT2D eigenvalue weighted by atomic mass is 19.1. The van der Waals surface area contributed by atoms with Gasteiger partial charge in [-0.15, -0.1) is 0 Å². The highest BCUT2D eigenvalue weighted by Crippen LogP contribution is 2.37. The number of pyridine rings is 2. The molecule has 0 unspecified atom stereocenters. The number of halogens is 1. The number of hydrogen-bond acceptors (Lipinski definition) is 9. The average molecular weight is 603 g/mol. The standard InChI is InChI=1S/C32H35FN6O5/c1-20-27(17-25(40)14-23-19-38(12-13-42-3)44-30(23)21-10-11-35-28(33)16-21)39(24-8-6-5-7-9-24)37-29(20)22-15-26(31(41)34-2)32(43-4)36-18-22/h5-11,15-16,18,23,30H,12-14,17,19H2,1-4H3,(H,34,41)/t23-,30+/m1/s1. The lowest BCUT2D eigenvalue weighted by Crippen LogP contribution is -2.24. The number of nitrogens with one attached hydrogen (secondary N) is 1. The molecule has 1 aromatic carbocycles. The average Bonchev–Trinajstić information content (AvgIpc) is 3.59. The minimum Gasteiger partial charge on any atom is -0.480 e. The van der Waals surface area contributed by atoms with Crippen molar-refractivity contribution >= 4 is 11.7 Å². The number of carbonyl (C=O) groups is 2. The zero-order chi connectivity index (χ0) is 31.2. The number of ketones is 1. The van der Waals surface area contributed by atoms with Crippen LogP contribution in [-0.2, 0) is 20.8 Å². The van der Waals surface area contributed by atoms with Crippen molar-refractivity contribution in [3.63, 3.8) is 0 Å². The van der Waals surface area contributed by atoms with Crippen molar-refractivity contribution in [2.24, 2.45) is 5.92 Å². The van der Waals surface area contributed by atoms with E-state index in [0.29, 0.717) is 36.5 Å². The van der Waals surface area contributed by atoms with Gasteiger partial charge in [-0.2, -0.15) is 14.6 Å². The van der Waals surface area contributed by atoms with Gasteiger partial charge < -0.3 is 14.8 Å². The molecule has 11 nitrogen and oxygen atoms in total. The van der Waals surface area contributed by atoms with Gasteiger partial charge in [-0.25, -0.2) is 14.6 Å². The maximum atomic E-state index is 14.0. The molecular formula is C32H35FN6O5. The van der Waals surface area contributed by atoms with Gasteiger partial charge in [0.1, 0.15) is 17.5 Å². The van der Waals surface area contributed by atoms with Crippen LogP contribution in [0.1, 0.15) is 39.7 Å². The molecule has 4 heterocycles. The summed E-state index contributed by atoms with van der Waals surface area (Å²) in [5, 5.41) is 9.27. The highest BCUT2D eigenvalue weighted by Gasteiger charge is 2.37. The summed E-state index contributed by atoms with van der Waals surface area (Å²) in [5.41, 5.74) is 4.40. The largest absolute Gasteiger partial charge is 0.480 e. The maximum absolute atomic E-state index is 14.0. The topological polar surface area (TPSA) is 121 Å². The summed E-state index contributed by atoms with van der Waals surface area (Å²) < 4.78 is 26.3. The van der Waals surface area contributed by atoms with E-state index >= 15 is 0 Å². The number of carbonyl (C=O) groups excluding carboxylic acids is 2. The van der Waals surface area contributed by atoms with E-state index in [2.05, 4.69) is 15.3 Å². The van der Waals surface area contributed by atoms with E-state index in [4.69, 9.17) is 19.4 Å². The number of hydrogen-bond donors (Lipinski definition) is 1. The summed E-state index contributed by atoms with van der Waals surface area (Å²) in [4.78, 5) is 40.5. The molecule has 44 heavy (non-hydrogen) atoms. The van der Waals surface area contributed by atoms with Crippen molar-refractivity contribution in [2.75, 3.05) is 41.0 Å². The first kappa shape index (κ1) is 30.9.